The molecule has 6 heteroatoms. The van der Waals surface area contributed by atoms with Crippen LogP contribution >= 0.6 is 28.1 Å². The number of hydrogen-bond donors (Lipinski definition) is 2. The maximum Gasteiger partial charge on any atom is 0.258 e. The van der Waals surface area contributed by atoms with Gasteiger partial charge in [0.1, 0.15) is 0 Å². The van der Waals surface area contributed by atoms with E-state index in [1.807, 2.05) is 30.3 Å². The molecule has 2 aromatic rings. The van der Waals surface area contributed by atoms with Gasteiger partial charge >= 0.3 is 0 Å². The third kappa shape index (κ3) is 4.62. The maximum atomic E-state index is 12.3. The lowest BCUT2D eigenvalue weighted by atomic mass is 10.0. The zero-order chi connectivity index (χ0) is 18.5. The lowest BCUT2D eigenvalue weighted by Gasteiger charge is -2.35. The molecule has 0 spiro atoms. The van der Waals surface area contributed by atoms with Crippen LogP contribution in [0.4, 0.5) is 11.4 Å². The highest BCUT2D eigenvalue weighted by Crippen LogP contribution is 2.25. The van der Waals surface area contributed by atoms with Crippen molar-refractivity contribution in [2.24, 2.45) is 0 Å². The molecule has 1 amide bonds. The van der Waals surface area contributed by atoms with E-state index >= 15 is 0 Å². The van der Waals surface area contributed by atoms with Gasteiger partial charge in [0.05, 0.1) is 5.56 Å². The zero-order valence-electron chi connectivity index (χ0n) is 14.7. The summed E-state index contributed by atoms with van der Waals surface area (Å²) in [6.45, 7) is 3.38. The predicted molar refractivity (Wildman–Crippen MR) is 115 cm³/mol. The number of halogens is 1. The highest BCUT2D eigenvalue weighted by molar-refractivity contribution is 9.10. The van der Waals surface area contributed by atoms with Crippen molar-refractivity contribution in [2.75, 3.05) is 16.8 Å². The van der Waals surface area contributed by atoms with Crippen LogP contribution in [0.2, 0.25) is 0 Å². The van der Waals surface area contributed by atoms with Crippen LogP contribution in [0.15, 0.2) is 53.0 Å². The molecule has 136 valence electrons. The first-order valence-corrected chi connectivity index (χ1v) is 9.98. The van der Waals surface area contributed by atoms with Gasteiger partial charge in [-0.2, -0.15) is 0 Å². The summed E-state index contributed by atoms with van der Waals surface area (Å²) in [6.07, 6.45) is 3.80. The van der Waals surface area contributed by atoms with Crippen LogP contribution in [-0.2, 0) is 0 Å². The molecule has 0 saturated carbocycles. The average Bonchev–Trinajstić information content (AvgIpc) is 2.63. The number of nitrogens with one attached hydrogen (secondary N) is 2. The molecule has 0 bridgehead atoms. The molecule has 1 heterocycles. The van der Waals surface area contributed by atoms with Gasteiger partial charge in [0.25, 0.3) is 5.91 Å². The van der Waals surface area contributed by atoms with Gasteiger partial charge in [-0.05, 0) is 90.7 Å². The third-order valence-corrected chi connectivity index (χ3v) is 5.50. The van der Waals surface area contributed by atoms with Crippen molar-refractivity contribution in [1.82, 2.24) is 5.32 Å². The molecule has 26 heavy (non-hydrogen) atoms. The Balaban J connectivity index is 1.59. The summed E-state index contributed by atoms with van der Waals surface area (Å²) in [7, 11) is 0. The number of thiocarbonyl (C=S) groups is 1. The summed E-state index contributed by atoms with van der Waals surface area (Å²) in [5.74, 6) is -0.242. The van der Waals surface area contributed by atoms with Crippen molar-refractivity contribution in [3.8, 4) is 0 Å². The molecule has 1 fully saturated rings. The van der Waals surface area contributed by atoms with Crippen molar-refractivity contribution in [3.05, 3.63) is 58.6 Å². The fourth-order valence-electron chi connectivity index (χ4n) is 3.20. The molecule has 0 aliphatic carbocycles. The molecular formula is C20H22BrN3OS. The predicted octanol–water partition coefficient (Wildman–Crippen LogP) is 4.95. The number of hydrogen-bond acceptors (Lipinski definition) is 3. The minimum atomic E-state index is -0.242. The van der Waals surface area contributed by atoms with Gasteiger partial charge in [0, 0.05) is 28.4 Å². The van der Waals surface area contributed by atoms with E-state index in [-0.39, 0.29) is 11.0 Å². The molecule has 2 aromatic carbocycles. The monoisotopic (exact) mass is 431 g/mol. The Bertz CT molecular complexity index is 794. The Morgan fingerprint density at radius 1 is 1.15 bits per heavy atom. The van der Waals surface area contributed by atoms with E-state index in [0.29, 0.717) is 11.6 Å². The Kier molecular flexibility index (Phi) is 6.27. The molecule has 1 aliphatic rings. The summed E-state index contributed by atoms with van der Waals surface area (Å²) in [6, 6.07) is 16.0. The lowest BCUT2D eigenvalue weighted by molar-refractivity contribution is 0.0977. The molecular weight excluding hydrogens is 410 g/mol. The summed E-state index contributed by atoms with van der Waals surface area (Å²) < 4.78 is 0.736. The van der Waals surface area contributed by atoms with Crippen LogP contribution in [0.25, 0.3) is 0 Å². The van der Waals surface area contributed by atoms with E-state index < -0.39 is 0 Å². The SMILES string of the molecule is C[C@H]1CCCCN1c1ccc(NC(=S)NC(=O)c2ccccc2Br)cc1. The number of piperidine rings is 1. The van der Waals surface area contributed by atoms with Gasteiger partial charge < -0.3 is 10.2 Å². The number of rotatable bonds is 3. The van der Waals surface area contributed by atoms with E-state index in [0.717, 1.165) is 16.7 Å². The number of benzene rings is 2. The highest BCUT2D eigenvalue weighted by Gasteiger charge is 2.18. The molecule has 0 unspecified atom stereocenters. The molecule has 3 rings (SSSR count). The second kappa shape index (κ2) is 8.64. The van der Waals surface area contributed by atoms with Crippen LogP contribution in [0.5, 0.6) is 0 Å². The molecule has 2 N–H and O–H groups in total. The van der Waals surface area contributed by atoms with Gasteiger partial charge in [0.15, 0.2) is 5.11 Å². The van der Waals surface area contributed by atoms with E-state index in [1.54, 1.807) is 6.07 Å². The average molecular weight is 432 g/mol. The minimum Gasteiger partial charge on any atom is -0.369 e. The number of amides is 1. The molecule has 1 atom stereocenters. The number of carbonyl (C=O) groups excluding carboxylic acids is 1. The fourth-order valence-corrected chi connectivity index (χ4v) is 3.87. The normalized spacial score (nSPS) is 16.8. The topological polar surface area (TPSA) is 44.4 Å². The van der Waals surface area contributed by atoms with Crippen molar-refractivity contribution in [2.45, 2.75) is 32.2 Å². The second-order valence-corrected chi connectivity index (χ2v) is 7.74. The first-order chi connectivity index (χ1) is 12.5. The Labute approximate surface area is 168 Å². The molecule has 1 aliphatic heterocycles. The maximum absolute atomic E-state index is 12.3. The van der Waals surface area contributed by atoms with Crippen molar-refractivity contribution in [3.63, 3.8) is 0 Å². The molecule has 0 aromatic heterocycles. The lowest BCUT2D eigenvalue weighted by Crippen LogP contribution is -2.37. The Hall–Kier alpha value is -1.92. The largest absolute Gasteiger partial charge is 0.369 e. The van der Waals surface area contributed by atoms with Crippen molar-refractivity contribution < 1.29 is 4.79 Å². The van der Waals surface area contributed by atoms with Crippen LogP contribution in [0.3, 0.4) is 0 Å². The number of nitrogens with zero attached hydrogens (tertiary/aromatic N) is 1. The first-order valence-electron chi connectivity index (χ1n) is 8.78. The van der Waals surface area contributed by atoms with Crippen LogP contribution < -0.4 is 15.5 Å². The summed E-state index contributed by atoms with van der Waals surface area (Å²) in [4.78, 5) is 14.7. The van der Waals surface area contributed by atoms with E-state index in [4.69, 9.17) is 12.2 Å². The third-order valence-electron chi connectivity index (χ3n) is 4.61. The minimum absolute atomic E-state index is 0.242. The second-order valence-electron chi connectivity index (χ2n) is 6.47. The number of anilines is 2. The fraction of sp³-hybridized carbons (Fsp3) is 0.300. The Morgan fingerprint density at radius 3 is 2.58 bits per heavy atom. The Morgan fingerprint density at radius 2 is 1.88 bits per heavy atom. The summed E-state index contributed by atoms with van der Waals surface area (Å²) in [5, 5.41) is 6.06. The number of carbonyl (C=O) groups is 1. The van der Waals surface area contributed by atoms with E-state index in [2.05, 4.69) is 50.5 Å². The van der Waals surface area contributed by atoms with Gasteiger partial charge in [0.2, 0.25) is 0 Å². The summed E-state index contributed by atoms with van der Waals surface area (Å²) in [5.41, 5.74) is 2.63. The molecule has 1 saturated heterocycles. The van der Waals surface area contributed by atoms with Crippen molar-refractivity contribution >= 4 is 50.5 Å². The zero-order valence-corrected chi connectivity index (χ0v) is 17.1. The standard InChI is InChI=1S/C20H22BrN3OS/c1-14-6-4-5-13-24(14)16-11-9-15(10-12-16)22-20(26)23-19(25)17-7-2-3-8-18(17)21/h2-3,7-12,14H,4-6,13H2,1H3,(H2,22,23,25,26)/t14-/m0/s1. The quantitative estimate of drug-likeness (QED) is 0.674. The molecule has 0 radical (unpaired) electrons. The van der Waals surface area contributed by atoms with Crippen LogP contribution in [0.1, 0.15) is 36.5 Å². The van der Waals surface area contributed by atoms with E-state index in [1.165, 1.54) is 24.9 Å². The van der Waals surface area contributed by atoms with Gasteiger partial charge in [-0.25, -0.2) is 0 Å². The first kappa shape index (κ1) is 18.9. The molecule has 4 nitrogen and oxygen atoms in total. The van der Waals surface area contributed by atoms with Crippen molar-refractivity contribution in [1.29, 1.82) is 0 Å². The van der Waals surface area contributed by atoms with Crippen LogP contribution in [0, 0.1) is 0 Å². The van der Waals surface area contributed by atoms with E-state index in [9.17, 15) is 4.79 Å². The van der Waals surface area contributed by atoms with Gasteiger partial charge in [-0.3, -0.25) is 10.1 Å². The smallest absolute Gasteiger partial charge is 0.258 e. The highest BCUT2D eigenvalue weighted by atomic mass is 79.9. The summed E-state index contributed by atoms with van der Waals surface area (Å²) >= 11 is 8.64. The van der Waals surface area contributed by atoms with Gasteiger partial charge in [-0.1, -0.05) is 12.1 Å². The van der Waals surface area contributed by atoms with Gasteiger partial charge in [-0.15, -0.1) is 0 Å². The van der Waals surface area contributed by atoms with Crippen LogP contribution in [-0.4, -0.2) is 23.6 Å².